The summed E-state index contributed by atoms with van der Waals surface area (Å²) in [6, 6.07) is 0. The van der Waals surface area contributed by atoms with E-state index in [2.05, 4.69) is 22.4 Å². The van der Waals surface area contributed by atoms with Gasteiger partial charge in [-0.3, -0.25) is 4.21 Å². The second-order valence-electron chi connectivity index (χ2n) is 1.84. The zero-order valence-corrected chi connectivity index (χ0v) is 8.04. The molecule has 0 heterocycles. The highest BCUT2D eigenvalue weighted by molar-refractivity contribution is 7.87. The molecular weight excluding hydrogens is 178 g/mol. The summed E-state index contributed by atoms with van der Waals surface area (Å²) in [6.07, 6.45) is 5.00. The van der Waals surface area contributed by atoms with Crippen LogP contribution in [0.3, 0.4) is 0 Å². The summed E-state index contributed by atoms with van der Waals surface area (Å²) in [5.41, 5.74) is 0.752. The van der Waals surface area contributed by atoms with Gasteiger partial charge in [0, 0.05) is 28.2 Å². The minimum absolute atomic E-state index is 0.752. The summed E-state index contributed by atoms with van der Waals surface area (Å²) in [6.45, 7) is 1.79. The Hall–Kier alpha value is -0.570. The molecule has 0 aromatic carbocycles. The van der Waals surface area contributed by atoms with Crippen LogP contribution in [0.2, 0.25) is 0 Å². The van der Waals surface area contributed by atoms with Crippen LogP contribution in [0, 0.1) is 0 Å². The minimum atomic E-state index is -0.899. The molecule has 11 heavy (non-hydrogen) atoms. The van der Waals surface area contributed by atoms with E-state index in [1.54, 1.807) is 30.7 Å². The fraction of sp³-hybridized carbons (Fsp3) is 0.286. The zero-order chi connectivity index (χ0) is 8.69. The normalized spacial score (nSPS) is 14.5. The molecule has 0 amide bonds. The van der Waals surface area contributed by atoms with E-state index in [1.807, 2.05) is 0 Å². The molecule has 4 heteroatoms. The smallest absolute Gasteiger partial charge is 0.0637 e. The fourth-order valence-electron chi connectivity index (χ4n) is 0.398. The van der Waals surface area contributed by atoms with Gasteiger partial charge < -0.3 is 0 Å². The summed E-state index contributed by atoms with van der Waals surface area (Å²) in [4.78, 5) is 3.70. The first-order valence-electron chi connectivity index (χ1n) is 2.92. The summed E-state index contributed by atoms with van der Waals surface area (Å²) >= 11 is 4.39. The van der Waals surface area contributed by atoms with Crippen molar-refractivity contribution in [2.75, 3.05) is 6.26 Å². The third-order valence-corrected chi connectivity index (χ3v) is 1.46. The third-order valence-electron chi connectivity index (χ3n) is 0.830. The van der Waals surface area contributed by atoms with Gasteiger partial charge in [-0.2, -0.15) is 4.99 Å². The fourth-order valence-corrected chi connectivity index (χ4v) is 0.842. The number of rotatable bonds is 3. The van der Waals surface area contributed by atoms with Gasteiger partial charge in [0.25, 0.3) is 0 Å². The minimum Gasteiger partial charge on any atom is -0.255 e. The van der Waals surface area contributed by atoms with Crippen molar-refractivity contribution >= 4 is 28.2 Å². The van der Waals surface area contributed by atoms with E-state index in [0.29, 0.717) is 0 Å². The van der Waals surface area contributed by atoms with Crippen molar-refractivity contribution < 1.29 is 4.21 Å². The van der Waals surface area contributed by atoms with Crippen LogP contribution in [0.1, 0.15) is 6.92 Å². The molecule has 0 N–H and O–H groups in total. The molecule has 0 aliphatic carbocycles. The Labute approximate surface area is 74.2 Å². The highest BCUT2D eigenvalue weighted by Crippen LogP contribution is 1.93. The van der Waals surface area contributed by atoms with Gasteiger partial charge in [0.2, 0.25) is 0 Å². The Balaban J connectivity index is 4.11. The Kier molecular flexibility index (Phi) is 5.84. The Bertz CT molecular complexity index is 249. The number of aliphatic imine (C=N–C) groups is 1. The molecule has 1 unspecified atom stereocenters. The average Bonchev–Trinajstić information content (AvgIpc) is 1.87. The van der Waals surface area contributed by atoms with Crippen LogP contribution in [0.4, 0.5) is 0 Å². The lowest BCUT2D eigenvalue weighted by atomic mass is 10.4. The van der Waals surface area contributed by atoms with Crippen LogP contribution in [-0.4, -0.2) is 15.6 Å². The van der Waals surface area contributed by atoms with Gasteiger partial charge in [0.15, 0.2) is 0 Å². The van der Waals surface area contributed by atoms with Gasteiger partial charge in [-0.1, -0.05) is 6.08 Å². The predicted molar refractivity (Wildman–Crippen MR) is 52.0 cm³/mol. The number of nitrogens with zero attached hydrogens (tertiary/aromatic N) is 1. The van der Waals surface area contributed by atoms with E-state index >= 15 is 0 Å². The molecule has 0 aromatic heterocycles. The van der Waals surface area contributed by atoms with Gasteiger partial charge in [0.05, 0.1) is 5.16 Å². The van der Waals surface area contributed by atoms with E-state index in [-0.39, 0.29) is 0 Å². The molecular formula is C7H9NOS2. The maximum atomic E-state index is 10.5. The van der Waals surface area contributed by atoms with Gasteiger partial charge >= 0.3 is 0 Å². The lowest BCUT2D eigenvalue weighted by Gasteiger charge is -1.82. The molecule has 0 fully saturated rings. The van der Waals surface area contributed by atoms with E-state index < -0.39 is 10.8 Å². The van der Waals surface area contributed by atoms with E-state index in [0.717, 1.165) is 5.70 Å². The molecule has 2 nitrogen and oxygen atoms in total. The SMILES string of the molecule is C/C(=C\C=C\S(C)=O)N=C=S. The maximum absolute atomic E-state index is 10.5. The second kappa shape index (κ2) is 6.16. The Morgan fingerprint density at radius 1 is 1.73 bits per heavy atom. The zero-order valence-electron chi connectivity index (χ0n) is 6.40. The van der Waals surface area contributed by atoms with Crippen molar-refractivity contribution in [3.63, 3.8) is 0 Å². The monoisotopic (exact) mass is 187 g/mol. The molecule has 0 saturated heterocycles. The molecule has 0 aromatic rings. The Morgan fingerprint density at radius 3 is 2.82 bits per heavy atom. The summed E-state index contributed by atoms with van der Waals surface area (Å²) in [5.74, 6) is 0. The molecule has 0 rings (SSSR count). The lowest BCUT2D eigenvalue weighted by molar-refractivity contribution is 0.691. The van der Waals surface area contributed by atoms with Crippen molar-refractivity contribution in [2.24, 2.45) is 4.99 Å². The molecule has 0 bridgehead atoms. The van der Waals surface area contributed by atoms with E-state index in [1.165, 1.54) is 0 Å². The van der Waals surface area contributed by atoms with Gasteiger partial charge in [-0.05, 0) is 25.2 Å². The molecule has 0 aliphatic heterocycles. The second-order valence-corrected chi connectivity index (χ2v) is 3.29. The topological polar surface area (TPSA) is 29.4 Å². The van der Waals surface area contributed by atoms with Crippen molar-refractivity contribution in [1.82, 2.24) is 0 Å². The van der Waals surface area contributed by atoms with Crippen LogP contribution in [0.5, 0.6) is 0 Å². The number of allylic oxidation sites excluding steroid dienone is 3. The van der Waals surface area contributed by atoms with Crippen molar-refractivity contribution in [3.8, 4) is 0 Å². The highest BCUT2D eigenvalue weighted by atomic mass is 32.2. The van der Waals surface area contributed by atoms with Gasteiger partial charge in [-0.15, -0.1) is 0 Å². The quantitative estimate of drug-likeness (QED) is 0.383. The third kappa shape index (κ3) is 7.33. The molecule has 0 radical (unpaired) electrons. The lowest BCUT2D eigenvalue weighted by Crippen LogP contribution is -1.73. The van der Waals surface area contributed by atoms with Gasteiger partial charge in [0.1, 0.15) is 0 Å². The highest BCUT2D eigenvalue weighted by Gasteiger charge is 1.78. The number of isothiocyanates is 1. The number of hydrogen-bond donors (Lipinski definition) is 0. The van der Waals surface area contributed by atoms with Crippen LogP contribution in [-0.2, 0) is 10.8 Å². The number of thiocarbonyl (C=S) groups is 1. The molecule has 0 saturated carbocycles. The first-order valence-corrected chi connectivity index (χ1v) is 4.95. The van der Waals surface area contributed by atoms with E-state index in [4.69, 9.17) is 0 Å². The van der Waals surface area contributed by atoms with Crippen LogP contribution in [0.25, 0.3) is 0 Å². The molecule has 1 atom stereocenters. The molecule has 0 spiro atoms. The molecule has 0 aliphatic rings. The first-order chi connectivity index (χ1) is 5.16. The van der Waals surface area contributed by atoms with Crippen molar-refractivity contribution in [3.05, 3.63) is 23.3 Å². The largest absolute Gasteiger partial charge is 0.255 e. The average molecular weight is 187 g/mol. The number of hydrogen-bond acceptors (Lipinski definition) is 3. The standard InChI is InChI=1S/C7H9NOS2/c1-7(8-6-10)4-3-5-11(2)9/h3-5H,1-2H3/b5-3+,7-4+. The first kappa shape index (κ1) is 10.4. The Morgan fingerprint density at radius 2 is 2.36 bits per heavy atom. The van der Waals surface area contributed by atoms with Crippen molar-refractivity contribution in [1.29, 1.82) is 0 Å². The van der Waals surface area contributed by atoms with Crippen molar-refractivity contribution in [2.45, 2.75) is 6.92 Å². The van der Waals surface area contributed by atoms with Crippen LogP contribution in [0.15, 0.2) is 28.2 Å². The summed E-state index contributed by atoms with van der Waals surface area (Å²) in [5, 5.41) is 3.81. The van der Waals surface area contributed by atoms with E-state index in [9.17, 15) is 4.21 Å². The van der Waals surface area contributed by atoms with Gasteiger partial charge in [-0.25, -0.2) is 0 Å². The van der Waals surface area contributed by atoms with Crippen LogP contribution < -0.4 is 0 Å². The van der Waals surface area contributed by atoms with Crippen LogP contribution >= 0.6 is 12.2 Å². The maximum Gasteiger partial charge on any atom is 0.0637 e. The summed E-state index contributed by atoms with van der Waals surface area (Å²) < 4.78 is 10.5. The molecule has 60 valence electrons. The predicted octanol–water partition coefficient (Wildman–Crippen LogP) is 1.89. The summed E-state index contributed by atoms with van der Waals surface area (Å²) in [7, 11) is -0.899.